The third-order valence-corrected chi connectivity index (χ3v) is 7.40. The van der Waals surface area contributed by atoms with Gasteiger partial charge >= 0.3 is 21.1 Å². The van der Waals surface area contributed by atoms with E-state index in [0.29, 0.717) is 23.0 Å². The molecule has 6 nitrogen and oxygen atoms in total. The SMILES string of the molecule is CN1C=CN(c2[c-]c(Oc3[c-]c(-c4cc(-c5[c-]c(Oc6[c-]cccc6)cc(C(C)(C)C)c5)[c-]cn4)ccc3)ccc2)[CH-]1.[C-]#Cn1cccc1.[Pt+4].[Pt]. The maximum Gasteiger partial charge on any atom is 4.00 e. The Bertz CT molecular complexity index is 2080. The first-order chi connectivity index (χ1) is 23.7. The number of ether oxygens (including phenoxy) is 2. The Kier molecular flexibility index (Phi) is 13.7. The fraction of sp³-hybridized carbons (Fsp3) is 0.116. The molecule has 0 amide bonds. The van der Waals surface area contributed by atoms with E-state index < -0.39 is 0 Å². The number of rotatable bonds is 7. The zero-order valence-corrected chi connectivity index (χ0v) is 32.9. The van der Waals surface area contributed by atoms with Crippen LogP contribution in [0.1, 0.15) is 26.3 Å². The Balaban J connectivity index is 0.000000581. The second kappa shape index (κ2) is 17.9. The van der Waals surface area contributed by atoms with Gasteiger partial charge in [0.25, 0.3) is 0 Å². The minimum absolute atomic E-state index is 0. The Morgan fingerprint density at radius 1 is 0.745 bits per heavy atom. The predicted octanol–water partition coefficient (Wildman–Crippen LogP) is 9.52. The summed E-state index contributed by atoms with van der Waals surface area (Å²) in [5.74, 6) is 2.44. The molecule has 51 heavy (non-hydrogen) atoms. The molecule has 0 radical (unpaired) electrons. The van der Waals surface area contributed by atoms with E-state index >= 15 is 0 Å². The van der Waals surface area contributed by atoms with Crippen molar-refractivity contribution in [1.29, 1.82) is 0 Å². The van der Waals surface area contributed by atoms with E-state index in [2.05, 4.69) is 68.2 Å². The van der Waals surface area contributed by atoms with Crippen molar-refractivity contribution in [2.75, 3.05) is 11.9 Å². The summed E-state index contributed by atoms with van der Waals surface area (Å²) in [4.78, 5) is 8.56. The van der Waals surface area contributed by atoms with Gasteiger partial charge in [0.1, 0.15) is 0 Å². The largest absolute Gasteiger partial charge is 4.00 e. The van der Waals surface area contributed by atoms with Crippen LogP contribution in [0.3, 0.4) is 0 Å². The first-order valence-corrected chi connectivity index (χ1v) is 15.7. The van der Waals surface area contributed by atoms with E-state index in [0.717, 1.165) is 33.6 Å². The molecule has 0 aliphatic carbocycles. The minimum Gasteiger partial charge on any atom is -0.669 e. The maximum absolute atomic E-state index is 6.57. The van der Waals surface area contributed by atoms with Crippen molar-refractivity contribution in [1.82, 2.24) is 14.5 Å². The molecule has 0 fully saturated rings. The van der Waals surface area contributed by atoms with Crippen LogP contribution in [0.25, 0.3) is 22.4 Å². The quantitative estimate of drug-likeness (QED) is 0.118. The minimum atomic E-state index is -0.0923. The Morgan fingerprint density at radius 3 is 2.12 bits per heavy atom. The van der Waals surface area contributed by atoms with Gasteiger partial charge in [-0.3, -0.25) is 11.1 Å². The smallest absolute Gasteiger partial charge is 0.669 e. The van der Waals surface area contributed by atoms with Crippen molar-refractivity contribution in [2.24, 2.45) is 0 Å². The van der Waals surface area contributed by atoms with Crippen LogP contribution in [0.5, 0.6) is 23.0 Å². The number of benzene rings is 4. The molecule has 3 heterocycles. The molecule has 4 aromatic carbocycles. The first-order valence-electron chi connectivity index (χ1n) is 15.7. The topological polar surface area (TPSA) is 42.8 Å². The van der Waals surface area contributed by atoms with Crippen LogP contribution < -0.4 is 14.4 Å². The zero-order chi connectivity index (χ0) is 34.2. The van der Waals surface area contributed by atoms with Crippen molar-refractivity contribution in [3.8, 4) is 51.4 Å². The van der Waals surface area contributed by atoms with Crippen molar-refractivity contribution in [3.63, 3.8) is 0 Å². The van der Waals surface area contributed by atoms with E-state index in [4.69, 9.17) is 15.9 Å². The number of aromatic nitrogens is 2. The van der Waals surface area contributed by atoms with Crippen LogP contribution in [0.4, 0.5) is 5.69 Å². The van der Waals surface area contributed by atoms with Gasteiger partial charge < -0.3 is 35.2 Å². The Morgan fingerprint density at radius 2 is 1.45 bits per heavy atom. The van der Waals surface area contributed by atoms with Crippen LogP contribution >= 0.6 is 0 Å². The molecule has 7 rings (SSSR count). The van der Waals surface area contributed by atoms with Gasteiger partial charge in [-0.2, -0.15) is 43.1 Å². The van der Waals surface area contributed by atoms with Crippen LogP contribution in [0, 0.1) is 49.5 Å². The second-order valence-electron chi connectivity index (χ2n) is 12.2. The van der Waals surface area contributed by atoms with E-state index in [1.54, 1.807) is 23.2 Å². The molecule has 0 spiro atoms. The molecule has 0 unspecified atom stereocenters. The van der Waals surface area contributed by atoms with Crippen LogP contribution in [0.15, 0.2) is 122 Å². The summed E-state index contributed by atoms with van der Waals surface area (Å²) < 4.78 is 13.8. The summed E-state index contributed by atoms with van der Waals surface area (Å²) >= 11 is 0. The van der Waals surface area contributed by atoms with Gasteiger partial charge in [-0.25, -0.2) is 18.2 Å². The maximum atomic E-state index is 6.57. The van der Waals surface area contributed by atoms with Gasteiger partial charge in [0.05, 0.1) is 0 Å². The number of para-hydroxylation sites is 1. The molecule has 1 aliphatic heterocycles. The molecule has 6 aromatic rings. The van der Waals surface area contributed by atoms with Crippen molar-refractivity contribution >= 4 is 5.69 Å². The standard InChI is InChI=1S/C37H29N3O2.C6H4N.2Pt/c1-37(2,3)30-20-29(22-35(24-30)41-32-12-6-5-7-13-32)27-16-17-38-36(23-27)28-10-8-14-33(21-28)42-34-15-9-11-31(25-34)40-19-18-39(4)26-40;1-2-7-5-3-4-6-7;;/h5-12,14-15,17-20,23-24,26H,1-4H3;3-6H;;/q-6;-1;;+4. The Hall–Kier alpha value is -4.81. The van der Waals surface area contributed by atoms with Crippen molar-refractivity contribution in [3.05, 3.63) is 171 Å². The fourth-order valence-electron chi connectivity index (χ4n) is 4.85. The summed E-state index contributed by atoms with van der Waals surface area (Å²) in [5, 5.41) is 0. The molecule has 0 bridgehead atoms. The number of nitrogens with zero attached hydrogens (tertiary/aromatic N) is 4. The molecular formula is C43H33N4O2Pt2-3. The number of hydrogen-bond acceptors (Lipinski definition) is 5. The van der Waals surface area contributed by atoms with Gasteiger partial charge in [-0.15, -0.1) is 65.3 Å². The van der Waals surface area contributed by atoms with Crippen molar-refractivity contribution in [2.45, 2.75) is 26.2 Å². The fourth-order valence-corrected chi connectivity index (χ4v) is 4.85. The molecule has 2 aromatic heterocycles. The predicted molar refractivity (Wildman–Crippen MR) is 192 cm³/mol. The summed E-state index contributed by atoms with van der Waals surface area (Å²) in [5.41, 5.74) is 5.20. The van der Waals surface area contributed by atoms with Gasteiger partial charge in [0.15, 0.2) is 0 Å². The van der Waals surface area contributed by atoms with E-state index in [1.165, 1.54) is 0 Å². The average Bonchev–Trinajstić information content (AvgIpc) is 3.81. The van der Waals surface area contributed by atoms with Gasteiger partial charge in [0, 0.05) is 56.5 Å². The third kappa shape index (κ3) is 10.6. The molecule has 0 saturated heterocycles. The van der Waals surface area contributed by atoms with Gasteiger partial charge in [0.2, 0.25) is 0 Å². The molecule has 0 N–H and O–H groups in total. The van der Waals surface area contributed by atoms with Crippen molar-refractivity contribution < 1.29 is 51.6 Å². The third-order valence-electron chi connectivity index (χ3n) is 7.40. The van der Waals surface area contributed by atoms with E-state index in [-0.39, 0.29) is 47.5 Å². The van der Waals surface area contributed by atoms with Gasteiger partial charge in [-0.1, -0.05) is 44.8 Å². The molecule has 260 valence electrons. The first kappa shape index (κ1) is 39.0. The second-order valence-corrected chi connectivity index (χ2v) is 12.2. The average molecular weight is 1030 g/mol. The van der Waals surface area contributed by atoms with Crippen LogP contribution in [0.2, 0.25) is 0 Å². The molecule has 0 saturated carbocycles. The summed E-state index contributed by atoms with van der Waals surface area (Å²) in [6, 6.07) is 47.7. The molecular weight excluding hydrogens is 995 g/mol. The normalized spacial score (nSPS) is 11.7. The van der Waals surface area contributed by atoms with Crippen LogP contribution in [-0.2, 0) is 47.5 Å². The molecule has 0 atom stereocenters. The Labute approximate surface area is 330 Å². The molecule has 1 aliphatic rings. The van der Waals surface area contributed by atoms with Crippen LogP contribution in [-0.4, -0.2) is 21.5 Å². The number of hydrogen-bond donors (Lipinski definition) is 0. The summed E-state index contributed by atoms with van der Waals surface area (Å²) in [6.07, 6.45) is 15.7. The summed E-state index contributed by atoms with van der Waals surface area (Å²) in [7, 11) is 1.98. The zero-order valence-electron chi connectivity index (χ0n) is 28.4. The van der Waals surface area contributed by atoms with E-state index in [1.807, 2.05) is 121 Å². The molecule has 8 heteroatoms. The monoisotopic (exact) mass is 1030 g/mol. The number of pyridine rings is 1. The summed E-state index contributed by atoms with van der Waals surface area (Å²) in [6.45, 7) is 8.51. The van der Waals surface area contributed by atoms with Gasteiger partial charge in [-0.05, 0) is 37.0 Å². The number of anilines is 1. The van der Waals surface area contributed by atoms with E-state index in [9.17, 15) is 0 Å².